The van der Waals surface area contributed by atoms with Gasteiger partial charge in [-0.3, -0.25) is 4.21 Å². The summed E-state index contributed by atoms with van der Waals surface area (Å²) >= 11 is 0. The number of ether oxygens (including phenoxy) is 1. The largest absolute Gasteiger partial charge is 0.398 e. The van der Waals surface area contributed by atoms with Crippen molar-refractivity contribution in [3.05, 3.63) is 59.7 Å². The van der Waals surface area contributed by atoms with E-state index < -0.39 is 10.8 Å². The van der Waals surface area contributed by atoms with Crippen molar-refractivity contribution < 1.29 is 8.95 Å². The lowest BCUT2D eigenvalue weighted by molar-refractivity contribution is 0.166. The molecule has 0 saturated heterocycles. The summed E-state index contributed by atoms with van der Waals surface area (Å²) in [6, 6.07) is 15.3. The lowest BCUT2D eigenvalue weighted by atomic mass is 10.2. The maximum Gasteiger partial charge on any atom is 0.127 e. The predicted molar refractivity (Wildman–Crippen MR) is 78.1 cm³/mol. The second-order valence-corrected chi connectivity index (χ2v) is 5.71. The average molecular weight is 275 g/mol. The third-order valence-electron chi connectivity index (χ3n) is 2.72. The molecule has 0 aliphatic carbocycles. The maximum absolute atomic E-state index is 12.1. The van der Waals surface area contributed by atoms with Crippen molar-refractivity contribution >= 4 is 16.5 Å². The zero-order chi connectivity index (χ0) is 13.7. The minimum absolute atomic E-state index is 0.155. The molecular formula is C15H17NO2S. The summed E-state index contributed by atoms with van der Waals surface area (Å²) in [6.45, 7) is 2.41. The molecule has 0 saturated carbocycles. The quantitative estimate of drug-likeness (QED) is 0.854. The summed E-state index contributed by atoms with van der Waals surface area (Å²) in [6.07, 6.45) is 0. The number of hydrogen-bond donors (Lipinski definition) is 1. The third kappa shape index (κ3) is 3.91. The summed E-state index contributed by atoms with van der Waals surface area (Å²) in [5, 5.41) is 0. The first kappa shape index (κ1) is 13.8. The van der Waals surface area contributed by atoms with Gasteiger partial charge in [-0.15, -0.1) is 0 Å². The minimum Gasteiger partial charge on any atom is -0.398 e. The molecule has 0 spiro atoms. The molecule has 1 unspecified atom stereocenters. The Bertz CT molecular complexity index is 570. The highest BCUT2D eigenvalue weighted by molar-refractivity contribution is 7.85. The van der Waals surface area contributed by atoms with Crippen molar-refractivity contribution in [2.45, 2.75) is 18.4 Å². The van der Waals surface area contributed by atoms with Gasteiger partial charge < -0.3 is 10.5 Å². The van der Waals surface area contributed by atoms with E-state index in [1.807, 2.05) is 49.4 Å². The molecular weight excluding hydrogens is 258 g/mol. The van der Waals surface area contributed by atoms with Crippen molar-refractivity contribution in [2.75, 3.05) is 11.7 Å². The molecule has 0 aliphatic heterocycles. The molecule has 0 bridgehead atoms. The SMILES string of the molecule is Cc1ccc(N)c(S(=O)COCc2ccccc2)c1. The molecule has 0 fully saturated rings. The molecule has 0 aromatic heterocycles. The molecule has 100 valence electrons. The lowest BCUT2D eigenvalue weighted by Gasteiger charge is -2.08. The summed E-state index contributed by atoms with van der Waals surface area (Å²) in [5.74, 6) is 0.155. The van der Waals surface area contributed by atoms with E-state index in [-0.39, 0.29) is 5.94 Å². The second-order valence-electron chi connectivity index (χ2n) is 4.34. The zero-order valence-electron chi connectivity index (χ0n) is 10.8. The number of nitrogens with two attached hydrogens (primary N) is 1. The monoisotopic (exact) mass is 275 g/mol. The van der Waals surface area contributed by atoms with Gasteiger partial charge in [-0.2, -0.15) is 0 Å². The Labute approximate surface area is 115 Å². The highest BCUT2D eigenvalue weighted by Crippen LogP contribution is 2.18. The molecule has 0 radical (unpaired) electrons. The Morgan fingerprint density at radius 3 is 2.63 bits per heavy atom. The summed E-state index contributed by atoms with van der Waals surface area (Å²) in [7, 11) is -1.23. The van der Waals surface area contributed by atoms with Crippen LogP contribution in [0.25, 0.3) is 0 Å². The Kier molecular flexibility index (Phi) is 4.71. The van der Waals surface area contributed by atoms with E-state index in [1.165, 1.54) is 0 Å². The van der Waals surface area contributed by atoms with Crippen LogP contribution >= 0.6 is 0 Å². The number of anilines is 1. The van der Waals surface area contributed by atoms with Gasteiger partial charge in [0, 0.05) is 5.69 Å². The number of aryl methyl sites for hydroxylation is 1. The van der Waals surface area contributed by atoms with Crippen LogP contribution in [0.2, 0.25) is 0 Å². The normalized spacial score (nSPS) is 12.3. The Morgan fingerprint density at radius 1 is 1.16 bits per heavy atom. The highest BCUT2D eigenvalue weighted by Gasteiger charge is 2.08. The van der Waals surface area contributed by atoms with Crippen LogP contribution in [0.3, 0.4) is 0 Å². The van der Waals surface area contributed by atoms with Gasteiger partial charge >= 0.3 is 0 Å². The van der Waals surface area contributed by atoms with Gasteiger partial charge in [0.05, 0.1) is 22.3 Å². The van der Waals surface area contributed by atoms with Crippen molar-refractivity contribution in [3.8, 4) is 0 Å². The standard InChI is InChI=1S/C15H17NO2S/c1-12-7-8-14(16)15(9-12)19(17)11-18-10-13-5-3-2-4-6-13/h2-9H,10-11,16H2,1H3. The molecule has 1 atom stereocenters. The summed E-state index contributed by atoms with van der Waals surface area (Å²) in [5.41, 5.74) is 8.48. The van der Waals surface area contributed by atoms with Crippen molar-refractivity contribution in [1.82, 2.24) is 0 Å². The lowest BCUT2D eigenvalue weighted by Crippen LogP contribution is -2.06. The summed E-state index contributed by atoms with van der Waals surface area (Å²) < 4.78 is 17.6. The van der Waals surface area contributed by atoms with E-state index in [0.717, 1.165) is 11.1 Å². The smallest absolute Gasteiger partial charge is 0.127 e. The topological polar surface area (TPSA) is 52.3 Å². The first-order valence-corrected chi connectivity index (χ1v) is 7.35. The van der Waals surface area contributed by atoms with Gasteiger partial charge in [-0.25, -0.2) is 0 Å². The van der Waals surface area contributed by atoms with Crippen LogP contribution in [0.5, 0.6) is 0 Å². The van der Waals surface area contributed by atoms with Gasteiger partial charge in [0.2, 0.25) is 0 Å². The van der Waals surface area contributed by atoms with Gasteiger partial charge in [-0.1, -0.05) is 36.4 Å². The number of rotatable bonds is 5. The van der Waals surface area contributed by atoms with Crippen molar-refractivity contribution in [3.63, 3.8) is 0 Å². The van der Waals surface area contributed by atoms with Crippen LogP contribution in [0, 0.1) is 6.92 Å². The van der Waals surface area contributed by atoms with Gasteiger partial charge in [-0.05, 0) is 30.2 Å². The molecule has 2 rings (SSSR count). The highest BCUT2D eigenvalue weighted by atomic mass is 32.2. The fraction of sp³-hybridized carbons (Fsp3) is 0.200. The van der Waals surface area contributed by atoms with E-state index >= 15 is 0 Å². The second kappa shape index (κ2) is 6.50. The molecule has 4 heteroatoms. The van der Waals surface area contributed by atoms with Crippen LogP contribution in [0.1, 0.15) is 11.1 Å². The molecule has 19 heavy (non-hydrogen) atoms. The number of benzene rings is 2. The molecule has 2 aromatic carbocycles. The van der Waals surface area contributed by atoms with Crippen LogP contribution < -0.4 is 5.73 Å². The number of hydrogen-bond acceptors (Lipinski definition) is 3. The van der Waals surface area contributed by atoms with Crippen molar-refractivity contribution in [1.29, 1.82) is 0 Å². The Hall–Kier alpha value is -1.65. The van der Waals surface area contributed by atoms with Crippen LogP contribution in [0.15, 0.2) is 53.4 Å². The maximum atomic E-state index is 12.1. The zero-order valence-corrected chi connectivity index (χ0v) is 11.7. The third-order valence-corrected chi connectivity index (χ3v) is 3.94. The van der Waals surface area contributed by atoms with Crippen LogP contribution in [0.4, 0.5) is 5.69 Å². The molecule has 2 aromatic rings. The number of nitrogen functional groups attached to an aromatic ring is 1. The fourth-order valence-electron chi connectivity index (χ4n) is 1.71. The molecule has 3 nitrogen and oxygen atoms in total. The van der Waals surface area contributed by atoms with Gasteiger partial charge in [0.1, 0.15) is 5.94 Å². The first-order valence-electron chi connectivity index (χ1n) is 6.03. The summed E-state index contributed by atoms with van der Waals surface area (Å²) in [4.78, 5) is 0.646. The Balaban J connectivity index is 1.93. The van der Waals surface area contributed by atoms with Crippen LogP contribution in [-0.4, -0.2) is 10.1 Å². The van der Waals surface area contributed by atoms with Gasteiger partial charge in [0.25, 0.3) is 0 Å². The van der Waals surface area contributed by atoms with E-state index in [2.05, 4.69) is 0 Å². The van der Waals surface area contributed by atoms with Gasteiger partial charge in [0.15, 0.2) is 0 Å². The molecule has 0 aliphatic rings. The minimum atomic E-state index is -1.23. The Morgan fingerprint density at radius 2 is 1.89 bits per heavy atom. The average Bonchev–Trinajstić information content (AvgIpc) is 2.42. The predicted octanol–water partition coefficient (Wildman–Crippen LogP) is 2.86. The van der Waals surface area contributed by atoms with E-state index in [0.29, 0.717) is 17.2 Å². The van der Waals surface area contributed by atoms with Crippen LogP contribution in [-0.2, 0) is 22.1 Å². The van der Waals surface area contributed by atoms with E-state index in [4.69, 9.17) is 10.5 Å². The molecule has 0 amide bonds. The van der Waals surface area contributed by atoms with E-state index in [1.54, 1.807) is 6.07 Å². The van der Waals surface area contributed by atoms with E-state index in [9.17, 15) is 4.21 Å². The van der Waals surface area contributed by atoms with Crippen molar-refractivity contribution in [2.24, 2.45) is 0 Å². The molecule has 0 heterocycles. The molecule has 2 N–H and O–H groups in total. The fourth-order valence-corrected chi connectivity index (χ4v) is 2.72. The first-order chi connectivity index (χ1) is 9.16.